The van der Waals surface area contributed by atoms with E-state index in [9.17, 15) is 18.0 Å². The van der Waals surface area contributed by atoms with Crippen molar-refractivity contribution in [2.24, 2.45) is 0 Å². The number of methoxy groups -OCH3 is 1. The van der Waals surface area contributed by atoms with Crippen LogP contribution in [0.3, 0.4) is 0 Å². The second-order valence-electron chi connectivity index (χ2n) is 10.4. The molecular formula is C33H28F3N3O2. The van der Waals surface area contributed by atoms with Crippen LogP contribution in [0, 0.1) is 0 Å². The van der Waals surface area contributed by atoms with E-state index in [-0.39, 0.29) is 11.5 Å². The summed E-state index contributed by atoms with van der Waals surface area (Å²) in [6.07, 6.45) is -2.89. The molecule has 1 aromatic heterocycles. The Hall–Kier alpha value is -4.59. The Kier molecular flexibility index (Phi) is 6.77. The Morgan fingerprint density at radius 2 is 1.61 bits per heavy atom. The largest absolute Gasteiger partial charge is 0.468 e. The summed E-state index contributed by atoms with van der Waals surface area (Å²) in [5.41, 5.74) is 3.97. The SMILES string of the molecule is COC(=O)C1(c2ccc(CNc3ccc(-c4c5cccc(C(F)(F)F)c5nn4Cc4ccccc4)cc3)cc2)CC1. The molecule has 41 heavy (non-hydrogen) atoms. The number of alkyl halides is 3. The lowest BCUT2D eigenvalue weighted by Gasteiger charge is -2.14. The van der Waals surface area contributed by atoms with E-state index in [1.54, 1.807) is 10.7 Å². The van der Waals surface area contributed by atoms with Crippen molar-refractivity contribution >= 4 is 22.6 Å². The first-order valence-corrected chi connectivity index (χ1v) is 13.4. The number of aromatic nitrogens is 2. The van der Waals surface area contributed by atoms with Crippen LogP contribution >= 0.6 is 0 Å². The Bertz CT molecular complexity index is 1690. The zero-order valence-corrected chi connectivity index (χ0v) is 22.4. The van der Waals surface area contributed by atoms with Crippen molar-refractivity contribution in [1.29, 1.82) is 0 Å². The first kappa shape index (κ1) is 26.6. The fourth-order valence-electron chi connectivity index (χ4n) is 5.38. The van der Waals surface area contributed by atoms with Gasteiger partial charge in [0, 0.05) is 23.2 Å². The topological polar surface area (TPSA) is 56.1 Å². The number of anilines is 1. The first-order valence-electron chi connectivity index (χ1n) is 13.4. The molecule has 0 unspecified atom stereocenters. The maximum atomic E-state index is 13.8. The minimum atomic E-state index is -4.51. The first-order chi connectivity index (χ1) is 19.8. The molecule has 0 spiro atoms. The minimum Gasteiger partial charge on any atom is -0.468 e. The molecule has 0 amide bonds. The highest BCUT2D eigenvalue weighted by molar-refractivity contribution is 5.95. The third kappa shape index (κ3) is 5.17. The molecule has 1 saturated carbocycles. The lowest BCUT2D eigenvalue weighted by atomic mass is 9.95. The van der Waals surface area contributed by atoms with Crippen LogP contribution in [-0.2, 0) is 34.2 Å². The summed E-state index contributed by atoms with van der Waals surface area (Å²) in [5.74, 6) is -0.184. The monoisotopic (exact) mass is 555 g/mol. The second kappa shape index (κ2) is 10.4. The molecular weight excluding hydrogens is 527 g/mol. The number of carbonyl (C=O) groups excluding carboxylic acids is 1. The van der Waals surface area contributed by atoms with Crippen LogP contribution in [0.25, 0.3) is 22.2 Å². The highest BCUT2D eigenvalue weighted by Gasteiger charge is 2.52. The number of rotatable bonds is 8. The summed E-state index contributed by atoms with van der Waals surface area (Å²) in [6.45, 7) is 0.921. The number of hydrogen-bond acceptors (Lipinski definition) is 4. The molecule has 1 heterocycles. The number of ether oxygens (including phenoxy) is 1. The summed E-state index contributed by atoms with van der Waals surface area (Å²) in [4.78, 5) is 12.2. The lowest BCUT2D eigenvalue weighted by Crippen LogP contribution is -2.21. The third-order valence-corrected chi connectivity index (χ3v) is 7.74. The highest BCUT2D eigenvalue weighted by atomic mass is 19.4. The standard InChI is InChI=1S/C33H28F3N3O2/c1-41-31(40)32(18-19-32)25-14-10-22(11-15-25)20-37-26-16-12-24(13-17-26)30-27-8-5-9-28(33(34,35)36)29(27)38-39(30)21-23-6-3-2-4-7-23/h2-17,37H,18-21H2,1H3. The van der Waals surface area contributed by atoms with Crippen molar-refractivity contribution in [3.63, 3.8) is 0 Å². The molecule has 5 aromatic rings. The van der Waals surface area contributed by atoms with Gasteiger partial charge in [0.05, 0.1) is 30.3 Å². The van der Waals surface area contributed by atoms with E-state index in [2.05, 4.69) is 10.4 Å². The molecule has 1 fully saturated rings. The molecule has 1 N–H and O–H groups in total. The van der Waals surface area contributed by atoms with Crippen molar-refractivity contribution in [3.05, 3.63) is 119 Å². The van der Waals surface area contributed by atoms with Gasteiger partial charge in [0.15, 0.2) is 0 Å². The Balaban J connectivity index is 1.25. The van der Waals surface area contributed by atoms with E-state index < -0.39 is 17.2 Å². The normalized spacial score (nSPS) is 14.1. The van der Waals surface area contributed by atoms with Gasteiger partial charge in [-0.15, -0.1) is 0 Å². The van der Waals surface area contributed by atoms with E-state index in [1.807, 2.05) is 78.9 Å². The molecule has 0 atom stereocenters. The number of fused-ring (bicyclic) bond motifs is 1. The van der Waals surface area contributed by atoms with Crippen LogP contribution in [0.2, 0.25) is 0 Å². The van der Waals surface area contributed by atoms with Crippen LogP contribution in [0.1, 0.15) is 35.1 Å². The summed E-state index contributed by atoms with van der Waals surface area (Å²) in [7, 11) is 1.42. The van der Waals surface area contributed by atoms with Crippen molar-refractivity contribution < 1.29 is 22.7 Å². The Morgan fingerprint density at radius 1 is 0.902 bits per heavy atom. The van der Waals surface area contributed by atoms with Gasteiger partial charge in [-0.2, -0.15) is 18.3 Å². The van der Waals surface area contributed by atoms with E-state index >= 15 is 0 Å². The molecule has 1 aliphatic rings. The number of benzene rings is 4. The molecule has 6 rings (SSSR count). The van der Waals surface area contributed by atoms with Crippen LogP contribution in [0.15, 0.2) is 97.1 Å². The predicted octanol–water partition coefficient (Wildman–Crippen LogP) is 7.59. The Labute approximate surface area is 235 Å². The average Bonchev–Trinajstić information content (AvgIpc) is 3.72. The molecule has 0 bridgehead atoms. The molecule has 4 aromatic carbocycles. The second-order valence-corrected chi connectivity index (χ2v) is 10.4. The van der Waals surface area contributed by atoms with Gasteiger partial charge in [-0.05, 0) is 47.7 Å². The smallest absolute Gasteiger partial charge is 0.418 e. The van der Waals surface area contributed by atoms with Crippen molar-refractivity contribution in [2.45, 2.75) is 37.5 Å². The van der Waals surface area contributed by atoms with Gasteiger partial charge in [-0.1, -0.05) is 78.9 Å². The fraction of sp³-hybridized carbons (Fsp3) is 0.212. The van der Waals surface area contributed by atoms with Gasteiger partial charge in [0.1, 0.15) is 5.52 Å². The third-order valence-electron chi connectivity index (χ3n) is 7.74. The maximum Gasteiger partial charge on any atom is 0.418 e. The number of hydrogen-bond donors (Lipinski definition) is 1. The molecule has 0 radical (unpaired) electrons. The summed E-state index contributed by atoms with van der Waals surface area (Å²) in [6, 6.07) is 29.4. The number of carbonyl (C=O) groups is 1. The number of nitrogens with zero attached hydrogens (tertiary/aromatic N) is 2. The van der Waals surface area contributed by atoms with Gasteiger partial charge in [0.25, 0.3) is 0 Å². The average molecular weight is 556 g/mol. The lowest BCUT2D eigenvalue weighted by molar-refractivity contribution is -0.143. The van der Waals surface area contributed by atoms with E-state index in [1.165, 1.54) is 13.2 Å². The zero-order chi connectivity index (χ0) is 28.6. The quantitative estimate of drug-likeness (QED) is 0.201. The highest BCUT2D eigenvalue weighted by Crippen LogP contribution is 2.49. The molecule has 208 valence electrons. The van der Waals surface area contributed by atoms with Crippen LogP contribution in [0.5, 0.6) is 0 Å². The van der Waals surface area contributed by atoms with Gasteiger partial charge in [-0.3, -0.25) is 9.48 Å². The predicted molar refractivity (Wildman–Crippen MR) is 152 cm³/mol. The zero-order valence-electron chi connectivity index (χ0n) is 22.4. The van der Waals surface area contributed by atoms with Crippen LogP contribution in [-0.4, -0.2) is 22.9 Å². The van der Waals surface area contributed by atoms with E-state index in [0.29, 0.717) is 24.2 Å². The summed E-state index contributed by atoms with van der Waals surface area (Å²) < 4.78 is 48.1. The van der Waals surface area contributed by atoms with E-state index in [4.69, 9.17) is 4.74 Å². The van der Waals surface area contributed by atoms with Crippen molar-refractivity contribution in [3.8, 4) is 11.3 Å². The summed E-state index contributed by atoms with van der Waals surface area (Å²) in [5, 5.41) is 8.30. The Morgan fingerprint density at radius 3 is 2.24 bits per heavy atom. The van der Waals surface area contributed by atoms with Crippen LogP contribution < -0.4 is 5.32 Å². The van der Waals surface area contributed by atoms with Gasteiger partial charge >= 0.3 is 12.1 Å². The van der Waals surface area contributed by atoms with E-state index in [0.717, 1.165) is 46.8 Å². The number of esters is 1. The maximum absolute atomic E-state index is 13.8. The number of nitrogens with one attached hydrogen (secondary N) is 1. The minimum absolute atomic E-state index is 0.0586. The van der Waals surface area contributed by atoms with Crippen LogP contribution in [0.4, 0.5) is 18.9 Å². The van der Waals surface area contributed by atoms with Crippen molar-refractivity contribution in [1.82, 2.24) is 9.78 Å². The van der Waals surface area contributed by atoms with Gasteiger partial charge in [-0.25, -0.2) is 0 Å². The van der Waals surface area contributed by atoms with Gasteiger partial charge < -0.3 is 10.1 Å². The summed E-state index contributed by atoms with van der Waals surface area (Å²) >= 11 is 0. The van der Waals surface area contributed by atoms with Gasteiger partial charge in [0.2, 0.25) is 0 Å². The number of halogens is 3. The molecule has 0 aliphatic heterocycles. The fourth-order valence-corrected chi connectivity index (χ4v) is 5.38. The molecule has 5 nitrogen and oxygen atoms in total. The molecule has 0 saturated heterocycles. The van der Waals surface area contributed by atoms with Crippen molar-refractivity contribution in [2.75, 3.05) is 12.4 Å². The molecule has 8 heteroatoms. The molecule has 1 aliphatic carbocycles.